The molecule has 0 bridgehead atoms. The molecule has 176 valence electrons. The zero-order chi connectivity index (χ0) is 23.0. The summed E-state index contributed by atoms with van der Waals surface area (Å²) in [5.74, 6) is 1.17. The van der Waals surface area contributed by atoms with Crippen molar-refractivity contribution in [2.75, 3.05) is 30.8 Å². The lowest BCUT2D eigenvalue weighted by atomic mass is 10.0. The minimum absolute atomic E-state index is 0.00699. The highest BCUT2D eigenvalue weighted by atomic mass is 32.2. The van der Waals surface area contributed by atoms with Gasteiger partial charge < -0.3 is 15.1 Å². The summed E-state index contributed by atoms with van der Waals surface area (Å²) in [7, 11) is -3.41. The summed E-state index contributed by atoms with van der Waals surface area (Å²) >= 11 is 1.43. The first-order valence-electron chi connectivity index (χ1n) is 11.0. The van der Waals surface area contributed by atoms with Gasteiger partial charge in [-0.1, -0.05) is 13.8 Å². The second-order valence-corrected chi connectivity index (χ2v) is 11.8. The fraction of sp³-hybridized carbons (Fsp3) is 0.667. The van der Waals surface area contributed by atoms with Gasteiger partial charge in [0.1, 0.15) is 18.0 Å². The number of halogens is 1. The number of hydrogen-bond donors (Lipinski definition) is 1. The average Bonchev–Trinajstić information content (AvgIpc) is 3.37. The zero-order valence-electron chi connectivity index (χ0n) is 18.6. The molecule has 0 saturated carbocycles. The Morgan fingerprint density at radius 1 is 1.19 bits per heavy atom. The average molecular weight is 484 g/mol. The molecule has 0 spiro atoms. The molecule has 2 fully saturated rings. The predicted octanol–water partition coefficient (Wildman–Crippen LogP) is 2.38. The van der Waals surface area contributed by atoms with Gasteiger partial charge in [-0.15, -0.1) is 0 Å². The first-order chi connectivity index (χ1) is 15.1. The molecule has 1 aromatic heterocycles. The first kappa shape index (κ1) is 23.2. The number of aromatic nitrogens is 2. The number of sulfone groups is 1. The lowest BCUT2D eigenvalue weighted by Crippen LogP contribution is -2.48. The van der Waals surface area contributed by atoms with Crippen molar-refractivity contribution in [3.63, 3.8) is 0 Å². The summed E-state index contributed by atoms with van der Waals surface area (Å²) in [5, 5.41) is 3.98. The number of anilines is 1. The highest BCUT2D eigenvalue weighted by molar-refractivity contribution is 7.94. The minimum atomic E-state index is -3.41. The summed E-state index contributed by atoms with van der Waals surface area (Å²) in [6.07, 6.45) is 4.66. The smallest absolute Gasteiger partial charge is 0.245 e. The molecule has 2 atom stereocenters. The quantitative estimate of drug-likeness (QED) is 0.664. The SMILES string of the molecule is CC(C)c1nsc(N2CCC(N3CC[C@@H](NC4=CC=C(S(C)(=O)=O)CC4F)C3=O)CC2)n1. The lowest BCUT2D eigenvalue weighted by Gasteiger charge is -2.36. The lowest BCUT2D eigenvalue weighted by molar-refractivity contribution is -0.131. The summed E-state index contributed by atoms with van der Waals surface area (Å²) in [6.45, 7) is 6.46. The largest absolute Gasteiger partial charge is 0.375 e. The fourth-order valence-electron chi connectivity index (χ4n) is 4.41. The van der Waals surface area contributed by atoms with E-state index in [2.05, 4.69) is 33.4 Å². The van der Waals surface area contributed by atoms with Gasteiger partial charge in [-0.05, 0) is 31.4 Å². The number of alkyl halides is 1. The monoisotopic (exact) mass is 483 g/mol. The van der Waals surface area contributed by atoms with Gasteiger partial charge in [-0.25, -0.2) is 17.8 Å². The van der Waals surface area contributed by atoms with Crippen molar-refractivity contribution in [3.8, 4) is 0 Å². The standard InChI is InChI=1S/C21H30FN5O3S2/c1-13(2)19-24-21(31-25-19)26-9-6-14(7-10-26)27-11-8-18(20(27)28)23-17-5-4-15(12-16(17)22)32(3,29)30/h4-5,13-14,16,18,23H,6-12H2,1-3H3/t16?,18-/m1/s1. The van der Waals surface area contributed by atoms with Gasteiger partial charge in [0.05, 0.1) is 0 Å². The third-order valence-electron chi connectivity index (χ3n) is 6.35. The molecule has 11 heteroatoms. The van der Waals surface area contributed by atoms with Gasteiger partial charge in [0, 0.05) is 66.4 Å². The van der Waals surface area contributed by atoms with Gasteiger partial charge in [-0.3, -0.25) is 4.79 Å². The molecule has 4 rings (SSSR count). The number of piperidine rings is 1. The molecule has 1 unspecified atom stereocenters. The second kappa shape index (κ2) is 9.09. The Balaban J connectivity index is 1.33. The van der Waals surface area contributed by atoms with Crippen molar-refractivity contribution in [2.45, 2.75) is 63.7 Å². The molecule has 2 aliphatic heterocycles. The van der Waals surface area contributed by atoms with Crippen LogP contribution in [0.5, 0.6) is 0 Å². The Morgan fingerprint density at radius 2 is 1.91 bits per heavy atom. The van der Waals surface area contributed by atoms with Crippen LogP contribution < -0.4 is 10.2 Å². The van der Waals surface area contributed by atoms with Crippen LogP contribution in [-0.4, -0.2) is 72.7 Å². The van der Waals surface area contributed by atoms with E-state index in [-0.39, 0.29) is 29.0 Å². The maximum absolute atomic E-state index is 14.5. The van der Waals surface area contributed by atoms with Gasteiger partial charge in [0.25, 0.3) is 0 Å². The molecule has 1 aliphatic carbocycles. The molecule has 1 amide bonds. The van der Waals surface area contributed by atoms with E-state index in [1.165, 1.54) is 23.7 Å². The van der Waals surface area contributed by atoms with Crippen molar-refractivity contribution in [1.29, 1.82) is 0 Å². The number of likely N-dealkylation sites (tertiary alicyclic amines) is 1. The molecule has 3 heterocycles. The van der Waals surface area contributed by atoms with Crippen LogP contribution >= 0.6 is 11.5 Å². The van der Waals surface area contributed by atoms with Crippen LogP contribution in [0, 0.1) is 0 Å². The third kappa shape index (κ3) is 4.83. The van der Waals surface area contributed by atoms with Crippen LogP contribution in [0.15, 0.2) is 22.8 Å². The minimum Gasteiger partial charge on any atom is -0.375 e. The van der Waals surface area contributed by atoms with E-state index in [1.807, 2.05) is 4.90 Å². The topological polar surface area (TPSA) is 95.5 Å². The summed E-state index contributed by atoms with van der Waals surface area (Å²) in [5.41, 5.74) is 0.282. The third-order valence-corrected chi connectivity index (χ3v) is 8.39. The zero-order valence-corrected chi connectivity index (χ0v) is 20.3. The Bertz CT molecular complexity index is 1030. The van der Waals surface area contributed by atoms with Gasteiger partial charge >= 0.3 is 0 Å². The van der Waals surface area contributed by atoms with Crippen LogP contribution in [0.1, 0.15) is 51.3 Å². The van der Waals surface area contributed by atoms with Crippen LogP contribution in [0.3, 0.4) is 0 Å². The van der Waals surface area contributed by atoms with E-state index in [0.29, 0.717) is 18.9 Å². The molecule has 0 aromatic carbocycles. The number of amides is 1. The molecular weight excluding hydrogens is 453 g/mol. The fourth-order valence-corrected chi connectivity index (χ4v) is 6.04. The number of carbonyl (C=O) groups is 1. The Morgan fingerprint density at radius 3 is 2.50 bits per heavy atom. The molecule has 1 aromatic rings. The van der Waals surface area contributed by atoms with Crippen LogP contribution in [0.2, 0.25) is 0 Å². The van der Waals surface area contributed by atoms with Crippen LogP contribution in [0.25, 0.3) is 0 Å². The predicted molar refractivity (Wildman–Crippen MR) is 123 cm³/mol. The summed E-state index contributed by atoms with van der Waals surface area (Å²) < 4.78 is 42.3. The number of rotatable bonds is 6. The Labute approximate surface area is 192 Å². The second-order valence-electron chi connectivity index (χ2n) is 9.02. The van der Waals surface area contributed by atoms with E-state index in [4.69, 9.17) is 0 Å². The van der Waals surface area contributed by atoms with Crippen molar-refractivity contribution >= 4 is 32.4 Å². The van der Waals surface area contributed by atoms with Crippen LogP contribution in [-0.2, 0) is 14.6 Å². The number of hydrogen-bond acceptors (Lipinski definition) is 8. The van der Waals surface area contributed by atoms with Crippen molar-refractivity contribution in [2.24, 2.45) is 0 Å². The number of allylic oxidation sites excluding steroid dienone is 4. The normalized spacial score (nSPS) is 25.3. The van der Waals surface area contributed by atoms with Crippen molar-refractivity contribution in [1.82, 2.24) is 19.6 Å². The number of nitrogens with zero attached hydrogens (tertiary/aromatic N) is 4. The summed E-state index contributed by atoms with van der Waals surface area (Å²) in [6, 6.07) is -0.302. The van der Waals surface area contributed by atoms with Crippen LogP contribution in [0.4, 0.5) is 9.52 Å². The highest BCUT2D eigenvalue weighted by Gasteiger charge is 2.38. The Kier molecular flexibility index (Phi) is 6.58. The maximum atomic E-state index is 14.5. The van der Waals surface area contributed by atoms with Gasteiger partial charge in [0.15, 0.2) is 9.84 Å². The Hall–Kier alpha value is -2.01. The molecular formula is C21H30FN5O3S2. The van der Waals surface area contributed by atoms with E-state index in [1.54, 1.807) is 0 Å². The highest BCUT2D eigenvalue weighted by Crippen LogP contribution is 2.29. The van der Waals surface area contributed by atoms with Gasteiger partial charge in [0.2, 0.25) is 11.0 Å². The van der Waals surface area contributed by atoms with E-state index in [9.17, 15) is 17.6 Å². The molecule has 1 N–H and O–H groups in total. The molecule has 8 nitrogen and oxygen atoms in total. The number of nitrogens with one attached hydrogen (secondary N) is 1. The van der Waals surface area contributed by atoms with E-state index < -0.39 is 22.1 Å². The molecule has 32 heavy (non-hydrogen) atoms. The molecule has 3 aliphatic rings. The molecule has 2 saturated heterocycles. The van der Waals surface area contributed by atoms with Crippen molar-refractivity contribution < 1.29 is 17.6 Å². The summed E-state index contributed by atoms with van der Waals surface area (Å²) in [4.78, 5) is 21.9. The maximum Gasteiger partial charge on any atom is 0.245 e. The first-order valence-corrected chi connectivity index (χ1v) is 13.7. The number of carbonyl (C=O) groups excluding carboxylic acids is 1. The van der Waals surface area contributed by atoms with Gasteiger partial charge in [-0.2, -0.15) is 4.37 Å². The molecule has 0 radical (unpaired) electrons. The van der Waals surface area contributed by atoms with E-state index in [0.717, 1.165) is 43.1 Å². The van der Waals surface area contributed by atoms with Crippen molar-refractivity contribution in [3.05, 3.63) is 28.6 Å². The van der Waals surface area contributed by atoms with E-state index >= 15 is 0 Å².